The third kappa shape index (κ3) is 5.10. The van der Waals surface area contributed by atoms with Gasteiger partial charge in [-0.1, -0.05) is 30.3 Å². The number of amides is 1. The largest absolute Gasteiger partial charge is 0.496 e. The molecule has 1 atom stereocenters. The first kappa shape index (κ1) is 21.2. The summed E-state index contributed by atoms with van der Waals surface area (Å²) < 4.78 is 5.38. The minimum absolute atomic E-state index is 0.0973. The van der Waals surface area contributed by atoms with E-state index in [1.54, 1.807) is 7.11 Å². The molecule has 1 unspecified atom stereocenters. The Kier molecular flexibility index (Phi) is 7.15. The van der Waals surface area contributed by atoms with Crippen LogP contribution in [-0.4, -0.2) is 56.7 Å². The molecule has 29 heavy (non-hydrogen) atoms. The van der Waals surface area contributed by atoms with Crippen molar-refractivity contribution in [2.24, 2.45) is 0 Å². The summed E-state index contributed by atoms with van der Waals surface area (Å²) in [5.74, 6) is 0.970. The summed E-state index contributed by atoms with van der Waals surface area (Å²) in [6.45, 7) is 10.7. The molecule has 0 aromatic heterocycles. The third-order valence-corrected chi connectivity index (χ3v) is 6.04. The Morgan fingerprint density at radius 2 is 1.79 bits per heavy atom. The number of carbonyl (C=O) groups is 1. The highest BCUT2D eigenvalue weighted by atomic mass is 16.5. The lowest BCUT2D eigenvalue weighted by atomic mass is 10.1. The Hall–Kier alpha value is -2.53. The molecule has 5 nitrogen and oxygen atoms in total. The fourth-order valence-electron chi connectivity index (χ4n) is 3.97. The van der Waals surface area contributed by atoms with Crippen LogP contribution >= 0.6 is 0 Å². The number of nitrogens with zero attached hydrogens (tertiary/aromatic N) is 2. The molecule has 1 saturated heterocycles. The van der Waals surface area contributed by atoms with Crippen LogP contribution < -0.4 is 15.0 Å². The Labute approximate surface area is 174 Å². The summed E-state index contributed by atoms with van der Waals surface area (Å²) in [7, 11) is 1.68. The highest BCUT2D eigenvalue weighted by molar-refractivity contribution is 5.81. The lowest BCUT2D eigenvalue weighted by Crippen LogP contribution is -2.54. The van der Waals surface area contributed by atoms with Gasteiger partial charge in [-0.05, 0) is 56.0 Å². The molecule has 0 radical (unpaired) electrons. The number of rotatable bonds is 7. The molecule has 1 fully saturated rings. The summed E-state index contributed by atoms with van der Waals surface area (Å²) in [6.07, 6.45) is 0.767. The van der Waals surface area contributed by atoms with Gasteiger partial charge in [0, 0.05) is 38.4 Å². The standard InChI is InChI=1S/C24H33N3O2/c1-18-8-7-10-22(19(18)2)27-16-14-26(15-17-27)20(3)24(28)25-13-12-21-9-5-6-11-23(21)29-4/h5-11,20H,12-17H2,1-4H3,(H,25,28). The summed E-state index contributed by atoms with van der Waals surface area (Å²) in [4.78, 5) is 17.4. The van der Waals surface area contributed by atoms with Gasteiger partial charge in [-0.15, -0.1) is 0 Å². The first-order valence-electron chi connectivity index (χ1n) is 10.5. The van der Waals surface area contributed by atoms with Gasteiger partial charge in [-0.2, -0.15) is 0 Å². The second-order valence-corrected chi connectivity index (χ2v) is 7.77. The van der Waals surface area contributed by atoms with Gasteiger partial charge in [0.25, 0.3) is 0 Å². The van der Waals surface area contributed by atoms with Gasteiger partial charge >= 0.3 is 0 Å². The van der Waals surface area contributed by atoms with E-state index in [0.29, 0.717) is 6.54 Å². The van der Waals surface area contributed by atoms with Gasteiger partial charge in [-0.25, -0.2) is 0 Å². The van der Waals surface area contributed by atoms with E-state index in [2.05, 4.69) is 47.2 Å². The molecule has 1 amide bonds. The molecule has 1 aliphatic rings. The van der Waals surface area contributed by atoms with Crippen LogP contribution in [0.4, 0.5) is 5.69 Å². The molecule has 1 N–H and O–H groups in total. The number of carbonyl (C=O) groups excluding carboxylic acids is 1. The van der Waals surface area contributed by atoms with Gasteiger partial charge in [0.15, 0.2) is 0 Å². The van der Waals surface area contributed by atoms with Crippen LogP contribution in [0.5, 0.6) is 5.75 Å². The quantitative estimate of drug-likeness (QED) is 0.782. The van der Waals surface area contributed by atoms with Gasteiger partial charge in [-0.3, -0.25) is 9.69 Å². The van der Waals surface area contributed by atoms with Crippen LogP contribution in [0.1, 0.15) is 23.6 Å². The van der Waals surface area contributed by atoms with Gasteiger partial charge < -0.3 is 15.0 Å². The second-order valence-electron chi connectivity index (χ2n) is 7.77. The van der Waals surface area contributed by atoms with Crippen LogP contribution in [0, 0.1) is 13.8 Å². The molecule has 0 saturated carbocycles. The number of nitrogens with one attached hydrogen (secondary N) is 1. The van der Waals surface area contributed by atoms with Gasteiger partial charge in [0.1, 0.15) is 5.75 Å². The van der Waals surface area contributed by atoms with E-state index < -0.39 is 0 Å². The summed E-state index contributed by atoms with van der Waals surface area (Å²) in [5, 5.41) is 3.09. The fourth-order valence-corrected chi connectivity index (χ4v) is 3.97. The first-order valence-corrected chi connectivity index (χ1v) is 10.5. The van der Waals surface area contributed by atoms with Crippen molar-refractivity contribution >= 4 is 11.6 Å². The van der Waals surface area contributed by atoms with Crippen molar-refractivity contribution in [1.82, 2.24) is 10.2 Å². The minimum Gasteiger partial charge on any atom is -0.496 e. The maximum atomic E-state index is 12.6. The molecule has 0 aliphatic carbocycles. The Morgan fingerprint density at radius 1 is 1.07 bits per heavy atom. The lowest BCUT2D eigenvalue weighted by Gasteiger charge is -2.39. The number of hydrogen-bond donors (Lipinski definition) is 1. The molecule has 156 valence electrons. The summed E-state index contributed by atoms with van der Waals surface area (Å²) in [6, 6.07) is 14.3. The molecule has 1 heterocycles. The van der Waals surface area contributed by atoms with Gasteiger partial charge in [0.2, 0.25) is 5.91 Å². The number of anilines is 1. The van der Waals surface area contributed by atoms with Gasteiger partial charge in [0.05, 0.1) is 13.2 Å². The number of ether oxygens (including phenoxy) is 1. The molecular formula is C24H33N3O2. The number of piperazine rings is 1. The summed E-state index contributed by atoms with van der Waals surface area (Å²) in [5.41, 5.74) is 5.11. The zero-order valence-corrected chi connectivity index (χ0v) is 18.1. The van der Waals surface area contributed by atoms with Crippen molar-refractivity contribution < 1.29 is 9.53 Å². The normalized spacial score (nSPS) is 15.8. The zero-order chi connectivity index (χ0) is 20.8. The highest BCUT2D eigenvalue weighted by Gasteiger charge is 2.26. The zero-order valence-electron chi connectivity index (χ0n) is 18.1. The van der Waals surface area contributed by atoms with Crippen molar-refractivity contribution in [3.8, 4) is 5.75 Å². The van der Waals surface area contributed by atoms with E-state index in [4.69, 9.17) is 4.74 Å². The highest BCUT2D eigenvalue weighted by Crippen LogP contribution is 2.24. The monoisotopic (exact) mass is 395 g/mol. The van der Waals surface area contributed by atoms with E-state index in [1.807, 2.05) is 31.2 Å². The maximum absolute atomic E-state index is 12.6. The lowest BCUT2D eigenvalue weighted by molar-refractivity contribution is -0.125. The Balaban J connectivity index is 1.48. The molecular weight excluding hydrogens is 362 g/mol. The topological polar surface area (TPSA) is 44.8 Å². The van der Waals surface area contributed by atoms with E-state index in [9.17, 15) is 4.79 Å². The number of aryl methyl sites for hydroxylation is 1. The van der Waals surface area contributed by atoms with Crippen LogP contribution in [0.15, 0.2) is 42.5 Å². The van der Waals surface area contributed by atoms with Crippen LogP contribution in [0.2, 0.25) is 0 Å². The minimum atomic E-state index is -0.117. The maximum Gasteiger partial charge on any atom is 0.237 e. The number of para-hydroxylation sites is 1. The SMILES string of the molecule is COc1ccccc1CCNC(=O)C(C)N1CCN(c2cccc(C)c2C)CC1. The molecule has 2 aromatic carbocycles. The first-order chi connectivity index (χ1) is 14.0. The van der Waals surface area contributed by atoms with E-state index >= 15 is 0 Å². The molecule has 0 bridgehead atoms. The summed E-state index contributed by atoms with van der Waals surface area (Å²) >= 11 is 0. The molecule has 3 rings (SSSR count). The van der Waals surface area contributed by atoms with E-state index in [0.717, 1.165) is 43.9 Å². The predicted octanol–water partition coefficient (Wildman–Crippen LogP) is 3.18. The van der Waals surface area contributed by atoms with Crippen molar-refractivity contribution in [3.63, 3.8) is 0 Å². The van der Waals surface area contributed by atoms with E-state index in [1.165, 1.54) is 16.8 Å². The van der Waals surface area contributed by atoms with Crippen LogP contribution in [-0.2, 0) is 11.2 Å². The molecule has 0 spiro atoms. The van der Waals surface area contributed by atoms with Crippen molar-refractivity contribution in [1.29, 1.82) is 0 Å². The van der Waals surface area contributed by atoms with E-state index in [-0.39, 0.29) is 11.9 Å². The Bertz CT molecular complexity index is 829. The van der Waals surface area contributed by atoms with Crippen LogP contribution in [0.3, 0.4) is 0 Å². The van der Waals surface area contributed by atoms with Crippen molar-refractivity contribution in [3.05, 3.63) is 59.2 Å². The Morgan fingerprint density at radius 3 is 2.52 bits per heavy atom. The molecule has 2 aromatic rings. The molecule has 5 heteroatoms. The predicted molar refractivity (Wildman–Crippen MR) is 119 cm³/mol. The second kappa shape index (κ2) is 9.79. The smallest absolute Gasteiger partial charge is 0.237 e. The number of hydrogen-bond acceptors (Lipinski definition) is 4. The fraction of sp³-hybridized carbons (Fsp3) is 0.458. The van der Waals surface area contributed by atoms with Crippen molar-refractivity contribution in [2.45, 2.75) is 33.2 Å². The van der Waals surface area contributed by atoms with Crippen molar-refractivity contribution in [2.75, 3.05) is 44.7 Å². The third-order valence-electron chi connectivity index (χ3n) is 6.04. The number of benzene rings is 2. The van der Waals surface area contributed by atoms with Crippen LogP contribution in [0.25, 0.3) is 0 Å². The molecule has 1 aliphatic heterocycles. The number of methoxy groups -OCH3 is 1. The average Bonchev–Trinajstić information content (AvgIpc) is 2.75. The average molecular weight is 396 g/mol.